The van der Waals surface area contributed by atoms with E-state index in [0.29, 0.717) is 18.4 Å². The number of benzene rings is 2. The standard InChI is InChI=1S/C26H29NO2S/c1-4-20-12-17(3)13-21(5-2)25(20)26-23(28)14-19(15-24(26)29)10-11-30-22-8-6-18(16-27)7-9-22/h6-9,12-13,19,26H,4-5,10-11,14-15H2,1-3H3. The summed E-state index contributed by atoms with van der Waals surface area (Å²) < 4.78 is 0. The van der Waals surface area contributed by atoms with E-state index in [1.165, 1.54) is 5.56 Å². The molecule has 1 saturated carbocycles. The van der Waals surface area contributed by atoms with Gasteiger partial charge in [0.1, 0.15) is 17.5 Å². The Kier molecular flexibility index (Phi) is 7.50. The summed E-state index contributed by atoms with van der Waals surface area (Å²) in [4.78, 5) is 27.3. The number of thioether (sulfide) groups is 1. The zero-order valence-corrected chi connectivity index (χ0v) is 18.8. The van der Waals surface area contributed by atoms with Crippen LogP contribution in [-0.4, -0.2) is 17.3 Å². The molecule has 0 heterocycles. The molecule has 0 atom stereocenters. The first-order chi connectivity index (χ1) is 14.5. The van der Waals surface area contributed by atoms with E-state index >= 15 is 0 Å². The molecule has 2 aromatic carbocycles. The van der Waals surface area contributed by atoms with Crippen LogP contribution in [0.1, 0.15) is 66.8 Å². The van der Waals surface area contributed by atoms with E-state index in [0.717, 1.165) is 46.6 Å². The van der Waals surface area contributed by atoms with Crippen LogP contribution < -0.4 is 0 Å². The highest BCUT2D eigenvalue weighted by Gasteiger charge is 2.38. The van der Waals surface area contributed by atoms with Gasteiger partial charge >= 0.3 is 0 Å². The van der Waals surface area contributed by atoms with E-state index in [-0.39, 0.29) is 17.5 Å². The molecule has 0 saturated heterocycles. The minimum atomic E-state index is -0.571. The van der Waals surface area contributed by atoms with Gasteiger partial charge in [0, 0.05) is 17.7 Å². The third-order valence-electron chi connectivity index (χ3n) is 5.95. The Bertz CT molecular complexity index is 929. The second-order valence-electron chi connectivity index (χ2n) is 8.12. The number of nitriles is 1. The molecule has 30 heavy (non-hydrogen) atoms. The zero-order valence-electron chi connectivity index (χ0n) is 18.0. The molecule has 1 aliphatic rings. The maximum absolute atomic E-state index is 13.1. The number of Topliss-reactive ketones (excluding diaryl/α,β-unsaturated/α-hetero) is 2. The number of carbonyl (C=O) groups excluding carboxylic acids is 2. The van der Waals surface area contributed by atoms with Gasteiger partial charge in [0.15, 0.2) is 0 Å². The minimum absolute atomic E-state index is 0.0906. The molecule has 0 amide bonds. The van der Waals surface area contributed by atoms with E-state index in [2.05, 4.69) is 39.0 Å². The maximum Gasteiger partial charge on any atom is 0.148 e. The molecule has 2 aromatic rings. The molecule has 0 unspecified atom stereocenters. The first-order valence-corrected chi connectivity index (χ1v) is 11.8. The van der Waals surface area contributed by atoms with Gasteiger partial charge in [0.25, 0.3) is 0 Å². The van der Waals surface area contributed by atoms with Crippen molar-refractivity contribution in [2.45, 2.75) is 63.7 Å². The number of rotatable bonds is 7. The van der Waals surface area contributed by atoms with Crippen LogP contribution in [0.4, 0.5) is 0 Å². The van der Waals surface area contributed by atoms with Gasteiger partial charge in [0.2, 0.25) is 0 Å². The topological polar surface area (TPSA) is 57.9 Å². The maximum atomic E-state index is 13.1. The second-order valence-corrected chi connectivity index (χ2v) is 9.29. The van der Waals surface area contributed by atoms with Gasteiger partial charge in [0.05, 0.1) is 11.6 Å². The van der Waals surface area contributed by atoms with Crippen molar-refractivity contribution in [3.05, 3.63) is 64.2 Å². The van der Waals surface area contributed by atoms with Crippen LogP contribution in [-0.2, 0) is 22.4 Å². The van der Waals surface area contributed by atoms with Crippen molar-refractivity contribution >= 4 is 23.3 Å². The van der Waals surface area contributed by atoms with Crippen LogP contribution in [0.2, 0.25) is 0 Å². The molecule has 0 spiro atoms. The number of nitrogens with zero attached hydrogens (tertiary/aromatic N) is 1. The molecular formula is C26H29NO2S. The first-order valence-electron chi connectivity index (χ1n) is 10.8. The molecule has 1 fully saturated rings. The van der Waals surface area contributed by atoms with Gasteiger partial charge in [-0.2, -0.15) is 5.26 Å². The van der Waals surface area contributed by atoms with Crippen molar-refractivity contribution in [3.8, 4) is 6.07 Å². The van der Waals surface area contributed by atoms with E-state index < -0.39 is 5.92 Å². The Morgan fingerprint density at radius 2 is 1.57 bits per heavy atom. The first kappa shape index (κ1) is 22.3. The Morgan fingerprint density at radius 1 is 1.00 bits per heavy atom. The summed E-state index contributed by atoms with van der Waals surface area (Å²) in [5, 5.41) is 8.89. The van der Waals surface area contributed by atoms with Crippen molar-refractivity contribution in [2.24, 2.45) is 5.92 Å². The number of carbonyl (C=O) groups is 2. The van der Waals surface area contributed by atoms with Gasteiger partial charge in [-0.1, -0.05) is 31.5 Å². The van der Waals surface area contributed by atoms with E-state index in [4.69, 9.17) is 5.26 Å². The largest absolute Gasteiger partial charge is 0.299 e. The number of hydrogen-bond donors (Lipinski definition) is 0. The summed E-state index contributed by atoms with van der Waals surface area (Å²) in [5.41, 5.74) is 5.14. The fourth-order valence-corrected chi connectivity index (χ4v) is 5.48. The SMILES string of the molecule is CCc1cc(C)cc(CC)c1C1C(=O)CC(CCSc2ccc(C#N)cc2)CC1=O. The van der Waals surface area contributed by atoms with Crippen LogP contribution in [0.5, 0.6) is 0 Å². The number of hydrogen-bond acceptors (Lipinski definition) is 4. The van der Waals surface area contributed by atoms with Gasteiger partial charge in [-0.05, 0) is 78.8 Å². The van der Waals surface area contributed by atoms with E-state index in [9.17, 15) is 9.59 Å². The number of aryl methyl sites for hydroxylation is 3. The molecule has 0 aromatic heterocycles. The van der Waals surface area contributed by atoms with Crippen LogP contribution in [0.15, 0.2) is 41.3 Å². The summed E-state index contributed by atoms with van der Waals surface area (Å²) >= 11 is 1.71. The van der Waals surface area contributed by atoms with Crippen LogP contribution in [0.25, 0.3) is 0 Å². The number of ketones is 2. The molecule has 3 nitrogen and oxygen atoms in total. The third-order valence-corrected chi connectivity index (χ3v) is 6.99. The zero-order chi connectivity index (χ0) is 21.7. The van der Waals surface area contributed by atoms with Crippen molar-refractivity contribution in [1.29, 1.82) is 5.26 Å². The predicted octanol–water partition coefficient (Wildman–Crippen LogP) is 5.81. The quantitative estimate of drug-likeness (QED) is 0.420. The molecule has 156 valence electrons. The predicted molar refractivity (Wildman–Crippen MR) is 122 cm³/mol. The highest BCUT2D eigenvalue weighted by Crippen LogP contribution is 2.37. The highest BCUT2D eigenvalue weighted by molar-refractivity contribution is 7.99. The fraction of sp³-hybridized carbons (Fsp3) is 0.423. The van der Waals surface area contributed by atoms with E-state index in [1.54, 1.807) is 11.8 Å². The molecule has 0 bridgehead atoms. The smallest absolute Gasteiger partial charge is 0.148 e. The molecule has 0 N–H and O–H groups in total. The van der Waals surface area contributed by atoms with Crippen molar-refractivity contribution in [3.63, 3.8) is 0 Å². The Morgan fingerprint density at radius 3 is 2.07 bits per heavy atom. The third kappa shape index (κ3) is 5.02. The lowest BCUT2D eigenvalue weighted by atomic mass is 9.73. The van der Waals surface area contributed by atoms with Crippen LogP contribution in [0, 0.1) is 24.2 Å². The lowest BCUT2D eigenvalue weighted by Crippen LogP contribution is -2.33. The van der Waals surface area contributed by atoms with Crippen molar-refractivity contribution in [2.75, 3.05) is 5.75 Å². The molecule has 1 aliphatic carbocycles. The Balaban J connectivity index is 1.67. The summed E-state index contributed by atoms with van der Waals surface area (Å²) in [5.74, 6) is 0.610. The summed E-state index contributed by atoms with van der Waals surface area (Å²) in [6.07, 6.45) is 3.51. The average Bonchev–Trinajstić information content (AvgIpc) is 2.74. The van der Waals surface area contributed by atoms with E-state index in [1.807, 2.05) is 24.3 Å². The molecular weight excluding hydrogens is 390 g/mol. The summed E-state index contributed by atoms with van der Waals surface area (Å²) in [6, 6.07) is 13.9. The molecule has 0 radical (unpaired) electrons. The average molecular weight is 420 g/mol. The van der Waals surface area contributed by atoms with Gasteiger partial charge in [-0.3, -0.25) is 9.59 Å². The van der Waals surface area contributed by atoms with Gasteiger partial charge in [-0.25, -0.2) is 0 Å². The van der Waals surface area contributed by atoms with Crippen molar-refractivity contribution in [1.82, 2.24) is 0 Å². The highest BCUT2D eigenvalue weighted by atomic mass is 32.2. The molecule has 0 aliphatic heterocycles. The van der Waals surface area contributed by atoms with Crippen LogP contribution in [0.3, 0.4) is 0 Å². The monoisotopic (exact) mass is 419 g/mol. The van der Waals surface area contributed by atoms with Crippen molar-refractivity contribution < 1.29 is 9.59 Å². The lowest BCUT2D eigenvalue weighted by Gasteiger charge is -2.29. The minimum Gasteiger partial charge on any atom is -0.299 e. The van der Waals surface area contributed by atoms with Gasteiger partial charge < -0.3 is 0 Å². The van der Waals surface area contributed by atoms with Crippen LogP contribution >= 0.6 is 11.8 Å². The lowest BCUT2D eigenvalue weighted by molar-refractivity contribution is -0.133. The Labute approximate surface area is 183 Å². The fourth-order valence-electron chi connectivity index (χ4n) is 4.46. The summed E-state index contributed by atoms with van der Waals surface area (Å²) in [6.45, 7) is 6.27. The van der Waals surface area contributed by atoms with Gasteiger partial charge in [-0.15, -0.1) is 11.8 Å². The molecule has 4 heteroatoms. The second kappa shape index (κ2) is 10.1. The molecule has 3 rings (SSSR count). The normalized spacial score (nSPS) is 19.0. The summed E-state index contributed by atoms with van der Waals surface area (Å²) in [7, 11) is 0. The Hall–Kier alpha value is -2.38.